The Balaban J connectivity index is 2.07. The second-order valence-corrected chi connectivity index (χ2v) is 6.29. The number of hydrogen-bond donors (Lipinski definition) is 2. The largest absolute Gasteiger partial charge is 0.352 e. The van der Waals surface area contributed by atoms with Crippen molar-refractivity contribution in [1.29, 1.82) is 0 Å². The molecule has 120 valence electrons. The van der Waals surface area contributed by atoms with Gasteiger partial charge in [-0.1, -0.05) is 31.5 Å². The first-order chi connectivity index (χ1) is 11.1. The Bertz CT molecular complexity index is 701. The predicted octanol–water partition coefficient (Wildman–Crippen LogP) is 4.07. The standard InChI is InChI=1S/C18H19IN2O2/c1-2-3-11-20-17(22)13-7-6-8-14(12-13)21-18(23)15-9-4-5-10-16(15)19/h4-10,12H,2-3,11H2,1H3,(H,20,22)(H,21,23). The lowest BCUT2D eigenvalue weighted by molar-refractivity contribution is 0.0951. The van der Waals surface area contributed by atoms with Crippen LogP contribution in [0, 0.1) is 3.57 Å². The van der Waals surface area contributed by atoms with Gasteiger partial charge in [-0.05, 0) is 59.3 Å². The fourth-order valence-corrected chi connectivity index (χ4v) is 2.70. The molecule has 0 bridgehead atoms. The number of benzene rings is 2. The van der Waals surface area contributed by atoms with Crippen LogP contribution < -0.4 is 10.6 Å². The molecule has 2 aromatic carbocycles. The summed E-state index contributed by atoms with van der Waals surface area (Å²) in [5.74, 6) is -0.303. The van der Waals surface area contributed by atoms with Gasteiger partial charge in [0.05, 0.1) is 5.56 Å². The van der Waals surface area contributed by atoms with Gasteiger partial charge in [-0.25, -0.2) is 0 Å². The van der Waals surface area contributed by atoms with Crippen molar-refractivity contribution in [3.8, 4) is 0 Å². The third-order valence-electron chi connectivity index (χ3n) is 3.32. The smallest absolute Gasteiger partial charge is 0.256 e. The van der Waals surface area contributed by atoms with Crippen LogP contribution in [0.15, 0.2) is 48.5 Å². The predicted molar refractivity (Wildman–Crippen MR) is 101 cm³/mol. The Labute approximate surface area is 149 Å². The van der Waals surface area contributed by atoms with Gasteiger partial charge in [-0.3, -0.25) is 9.59 Å². The van der Waals surface area contributed by atoms with Gasteiger partial charge in [-0.2, -0.15) is 0 Å². The third kappa shape index (κ3) is 5.06. The minimum absolute atomic E-state index is 0.121. The number of anilines is 1. The van der Waals surface area contributed by atoms with Gasteiger partial charge in [0, 0.05) is 21.4 Å². The van der Waals surface area contributed by atoms with Crippen molar-refractivity contribution in [2.45, 2.75) is 19.8 Å². The van der Waals surface area contributed by atoms with Crippen molar-refractivity contribution in [2.75, 3.05) is 11.9 Å². The molecule has 0 spiro atoms. The molecule has 0 saturated carbocycles. The van der Waals surface area contributed by atoms with Crippen molar-refractivity contribution in [1.82, 2.24) is 5.32 Å². The summed E-state index contributed by atoms with van der Waals surface area (Å²) in [5.41, 5.74) is 1.77. The maximum Gasteiger partial charge on any atom is 0.256 e. The van der Waals surface area contributed by atoms with Crippen LogP contribution in [0.1, 0.15) is 40.5 Å². The van der Waals surface area contributed by atoms with Crippen molar-refractivity contribution in [3.05, 3.63) is 63.2 Å². The van der Waals surface area contributed by atoms with E-state index in [9.17, 15) is 9.59 Å². The van der Waals surface area contributed by atoms with Gasteiger partial charge in [0.1, 0.15) is 0 Å². The van der Waals surface area contributed by atoms with Crippen LogP contribution in [0.4, 0.5) is 5.69 Å². The van der Waals surface area contributed by atoms with Crippen molar-refractivity contribution < 1.29 is 9.59 Å². The molecule has 0 radical (unpaired) electrons. The van der Waals surface area contributed by atoms with E-state index in [1.807, 2.05) is 18.2 Å². The zero-order valence-corrected chi connectivity index (χ0v) is 15.1. The van der Waals surface area contributed by atoms with E-state index in [0.29, 0.717) is 23.4 Å². The van der Waals surface area contributed by atoms with E-state index in [4.69, 9.17) is 0 Å². The molecule has 5 heteroatoms. The van der Waals surface area contributed by atoms with Crippen molar-refractivity contribution in [3.63, 3.8) is 0 Å². The average molecular weight is 422 g/mol. The summed E-state index contributed by atoms with van der Waals surface area (Å²) in [6.07, 6.45) is 1.99. The lowest BCUT2D eigenvalue weighted by Crippen LogP contribution is -2.24. The lowest BCUT2D eigenvalue weighted by atomic mass is 10.1. The molecule has 0 heterocycles. The number of carbonyl (C=O) groups is 2. The highest BCUT2D eigenvalue weighted by molar-refractivity contribution is 14.1. The Kier molecular flexibility index (Phi) is 6.58. The first kappa shape index (κ1) is 17.5. The minimum atomic E-state index is -0.182. The van der Waals surface area contributed by atoms with E-state index in [1.54, 1.807) is 30.3 Å². The van der Waals surface area contributed by atoms with Crippen LogP contribution in [0.3, 0.4) is 0 Å². The topological polar surface area (TPSA) is 58.2 Å². The summed E-state index contributed by atoms with van der Waals surface area (Å²) in [6, 6.07) is 14.3. The number of hydrogen-bond acceptors (Lipinski definition) is 2. The Hall–Kier alpha value is -1.89. The Morgan fingerprint density at radius 3 is 2.57 bits per heavy atom. The number of unbranched alkanes of at least 4 members (excludes halogenated alkanes) is 1. The van der Waals surface area contributed by atoms with Gasteiger partial charge in [0.15, 0.2) is 0 Å². The van der Waals surface area contributed by atoms with Crippen molar-refractivity contribution in [2.24, 2.45) is 0 Å². The van der Waals surface area contributed by atoms with Crippen LogP contribution in [0.2, 0.25) is 0 Å². The lowest BCUT2D eigenvalue weighted by Gasteiger charge is -2.09. The Morgan fingerprint density at radius 1 is 1.04 bits per heavy atom. The average Bonchev–Trinajstić information content (AvgIpc) is 2.55. The number of rotatable bonds is 6. The van der Waals surface area contributed by atoms with Gasteiger partial charge in [0.25, 0.3) is 11.8 Å². The maximum absolute atomic E-state index is 12.3. The molecule has 0 aliphatic heterocycles. The highest BCUT2D eigenvalue weighted by atomic mass is 127. The van der Waals surface area contributed by atoms with E-state index in [0.717, 1.165) is 16.4 Å². The van der Waals surface area contributed by atoms with Gasteiger partial charge in [-0.15, -0.1) is 0 Å². The number of amides is 2. The summed E-state index contributed by atoms with van der Waals surface area (Å²) in [6.45, 7) is 2.74. The van der Waals surface area contributed by atoms with Crippen LogP contribution in [0.25, 0.3) is 0 Å². The van der Waals surface area contributed by atoms with E-state index in [1.165, 1.54) is 0 Å². The van der Waals surface area contributed by atoms with Gasteiger partial charge < -0.3 is 10.6 Å². The minimum Gasteiger partial charge on any atom is -0.352 e. The SMILES string of the molecule is CCCCNC(=O)c1cccc(NC(=O)c2ccccc2I)c1. The molecule has 0 aromatic heterocycles. The first-order valence-electron chi connectivity index (χ1n) is 7.56. The van der Waals surface area contributed by atoms with E-state index in [-0.39, 0.29) is 11.8 Å². The second-order valence-electron chi connectivity index (χ2n) is 5.12. The normalized spacial score (nSPS) is 10.2. The van der Waals surface area contributed by atoms with Gasteiger partial charge >= 0.3 is 0 Å². The van der Waals surface area contributed by atoms with Crippen molar-refractivity contribution >= 4 is 40.1 Å². The molecule has 2 amide bonds. The zero-order chi connectivity index (χ0) is 16.7. The summed E-state index contributed by atoms with van der Waals surface area (Å²) in [7, 11) is 0. The fraction of sp³-hybridized carbons (Fsp3) is 0.222. The highest BCUT2D eigenvalue weighted by Crippen LogP contribution is 2.16. The molecule has 0 unspecified atom stereocenters. The summed E-state index contributed by atoms with van der Waals surface area (Å²) < 4.78 is 0.885. The number of halogens is 1. The molecular formula is C18H19IN2O2. The van der Waals surface area contributed by atoms with Crippen LogP contribution >= 0.6 is 22.6 Å². The molecule has 0 aliphatic rings. The second kappa shape index (κ2) is 8.67. The maximum atomic E-state index is 12.3. The molecule has 0 aliphatic carbocycles. The summed E-state index contributed by atoms with van der Waals surface area (Å²) >= 11 is 2.13. The van der Waals surface area contributed by atoms with E-state index in [2.05, 4.69) is 40.1 Å². The molecule has 0 fully saturated rings. The van der Waals surface area contributed by atoms with Gasteiger partial charge in [0.2, 0.25) is 0 Å². The fourth-order valence-electron chi connectivity index (χ4n) is 2.06. The molecule has 2 N–H and O–H groups in total. The zero-order valence-electron chi connectivity index (χ0n) is 12.9. The first-order valence-corrected chi connectivity index (χ1v) is 8.64. The highest BCUT2D eigenvalue weighted by Gasteiger charge is 2.11. The monoisotopic (exact) mass is 422 g/mol. The molecule has 0 saturated heterocycles. The van der Waals surface area contributed by atoms with E-state index >= 15 is 0 Å². The molecular weight excluding hydrogens is 403 g/mol. The van der Waals surface area contributed by atoms with E-state index < -0.39 is 0 Å². The van der Waals surface area contributed by atoms with Crippen LogP contribution in [0.5, 0.6) is 0 Å². The Morgan fingerprint density at radius 2 is 1.83 bits per heavy atom. The van der Waals surface area contributed by atoms with Crippen LogP contribution in [-0.2, 0) is 0 Å². The molecule has 23 heavy (non-hydrogen) atoms. The number of nitrogens with one attached hydrogen (secondary N) is 2. The third-order valence-corrected chi connectivity index (χ3v) is 4.26. The molecule has 0 atom stereocenters. The molecule has 2 aromatic rings. The quantitative estimate of drug-likeness (QED) is 0.545. The molecule has 4 nitrogen and oxygen atoms in total. The van der Waals surface area contributed by atoms with Crippen LogP contribution in [-0.4, -0.2) is 18.4 Å². The summed E-state index contributed by atoms with van der Waals surface area (Å²) in [5, 5.41) is 5.71. The summed E-state index contributed by atoms with van der Waals surface area (Å²) in [4.78, 5) is 24.4. The molecule has 2 rings (SSSR count). The number of carbonyl (C=O) groups excluding carboxylic acids is 2.